The van der Waals surface area contributed by atoms with Crippen LogP contribution in [0.25, 0.3) is 10.9 Å². The second-order valence-corrected chi connectivity index (χ2v) is 7.73. The van der Waals surface area contributed by atoms with E-state index in [1.54, 1.807) is 32.9 Å². The highest BCUT2D eigenvalue weighted by molar-refractivity contribution is 6.34. The summed E-state index contributed by atoms with van der Waals surface area (Å²) in [6, 6.07) is 15.5. The summed E-state index contributed by atoms with van der Waals surface area (Å²) in [5.41, 5.74) is 1.15. The standard InChI is InChI=1S/C21H24ClN3O3/c1-21(2,3)28-20(26)25-18-13-16(9-10-17(18)19(22)24-25)27-12-11-23-14-15-7-5-4-6-8-15/h4-10,13,23H,11-12,14H2,1-3H3. The van der Waals surface area contributed by atoms with Crippen LogP contribution in [0.2, 0.25) is 5.15 Å². The Morgan fingerprint density at radius 1 is 1.18 bits per heavy atom. The maximum Gasteiger partial charge on any atom is 0.435 e. The highest BCUT2D eigenvalue weighted by Crippen LogP contribution is 2.27. The number of carbonyl (C=O) groups is 1. The molecular formula is C21H24ClN3O3. The molecule has 2 aromatic carbocycles. The number of carbonyl (C=O) groups excluding carboxylic acids is 1. The first-order valence-corrected chi connectivity index (χ1v) is 9.50. The number of benzene rings is 2. The average Bonchev–Trinajstić information content (AvgIpc) is 2.97. The third kappa shape index (κ3) is 5.24. The van der Waals surface area contributed by atoms with Crippen molar-refractivity contribution in [1.29, 1.82) is 0 Å². The molecule has 0 saturated carbocycles. The Labute approximate surface area is 169 Å². The first-order valence-electron chi connectivity index (χ1n) is 9.12. The summed E-state index contributed by atoms with van der Waals surface area (Å²) < 4.78 is 12.4. The number of nitrogens with zero attached hydrogens (tertiary/aromatic N) is 2. The van der Waals surface area contributed by atoms with Gasteiger partial charge in [-0.25, -0.2) is 4.79 Å². The highest BCUT2D eigenvalue weighted by Gasteiger charge is 2.22. The van der Waals surface area contributed by atoms with Crippen LogP contribution < -0.4 is 10.1 Å². The smallest absolute Gasteiger partial charge is 0.435 e. The fraction of sp³-hybridized carbons (Fsp3) is 0.333. The fourth-order valence-corrected chi connectivity index (χ4v) is 2.90. The Morgan fingerprint density at radius 3 is 2.64 bits per heavy atom. The summed E-state index contributed by atoms with van der Waals surface area (Å²) in [5.74, 6) is 0.635. The van der Waals surface area contributed by atoms with Gasteiger partial charge in [0.15, 0.2) is 5.15 Å². The predicted molar refractivity (Wildman–Crippen MR) is 110 cm³/mol. The Balaban J connectivity index is 1.62. The number of halogens is 1. The summed E-state index contributed by atoms with van der Waals surface area (Å²) in [7, 11) is 0. The summed E-state index contributed by atoms with van der Waals surface area (Å²) >= 11 is 6.16. The van der Waals surface area contributed by atoms with Crippen molar-refractivity contribution in [3.8, 4) is 5.75 Å². The van der Waals surface area contributed by atoms with Crippen molar-refractivity contribution in [2.75, 3.05) is 13.2 Å². The van der Waals surface area contributed by atoms with Gasteiger partial charge in [-0.1, -0.05) is 41.9 Å². The van der Waals surface area contributed by atoms with E-state index in [0.717, 1.165) is 6.54 Å². The van der Waals surface area contributed by atoms with Crippen molar-refractivity contribution in [3.05, 3.63) is 59.2 Å². The van der Waals surface area contributed by atoms with Crippen LogP contribution in [0, 0.1) is 0 Å². The molecule has 7 heteroatoms. The van der Waals surface area contributed by atoms with Crippen LogP contribution in [0.4, 0.5) is 4.79 Å². The lowest BCUT2D eigenvalue weighted by molar-refractivity contribution is 0.0523. The summed E-state index contributed by atoms with van der Waals surface area (Å²) in [6.45, 7) is 7.37. The molecule has 1 aromatic heterocycles. The summed E-state index contributed by atoms with van der Waals surface area (Å²) in [4.78, 5) is 12.4. The number of rotatable bonds is 6. The summed E-state index contributed by atoms with van der Waals surface area (Å²) in [5, 5.41) is 8.34. The van der Waals surface area contributed by atoms with Crippen molar-refractivity contribution < 1.29 is 14.3 Å². The molecule has 0 amide bonds. The Morgan fingerprint density at radius 2 is 1.93 bits per heavy atom. The monoisotopic (exact) mass is 401 g/mol. The zero-order chi connectivity index (χ0) is 20.1. The molecule has 3 aromatic rings. The third-order valence-corrected chi connectivity index (χ3v) is 4.17. The molecule has 148 valence electrons. The second kappa shape index (κ2) is 8.63. The molecule has 0 bridgehead atoms. The molecule has 6 nitrogen and oxygen atoms in total. The predicted octanol–water partition coefficient (Wildman–Crippen LogP) is 4.64. The molecule has 0 radical (unpaired) electrons. The minimum Gasteiger partial charge on any atom is -0.492 e. The van der Waals surface area contributed by atoms with E-state index in [-0.39, 0.29) is 5.15 Å². The molecule has 0 aliphatic carbocycles. The Hall–Kier alpha value is -2.57. The van der Waals surface area contributed by atoms with Gasteiger partial charge in [-0.15, -0.1) is 5.10 Å². The molecule has 0 saturated heterocycles. The minimum atomic E-state index is -0.625. The van der Waals surface area contributed by atoms with Gasteiger partial charge in [-0.05, 0) is 38.5 Å². The molecule has 1 N–H and O–H groups in total. The van der Waals surface area contributed by atoms with E-state index < -0.39 is 11.7 Å². The van der Waals surface area contributed by atoms with Gasteiger partial charge in [0.25, 0.3) is 0 Å². The zero-order valence-electron chi connectivity index (χ0n) is 16.2. The second-order valence-electron chi connectivity index (χ2n) is 7.37. The summed E-state index contributed by atoms with van der Waals surface area (Å²) in [6.07, 6.45) is -0.578. The van der Waals surface area contributed by atoms with Gasteiger partial charge in [-0.2, -0.15) is 4.68 Å². The fourth-order valence-electron chi connectivity index (χ4n) is 2.66. The van der Waals surface area contributed by atoms with E-state index in [2.05, 4.69) is 22.5 Å². The first kappa shape index (κ1) is 20.2. The van der Waals surface area contributed by atoms with Crippen molar-refractivity contribution in [1.82, 2.24) is 15.1 Å². The van der Waals surface area contributed by atoms with Crippen LogP contribution in [0.1, 0.15) is 26.3 Å². The number of aromatic nitrogens is 2. The normalized spacial score (nSPS) is 11.6. The van der Waals surface area contributed by atoms with Crippen LogP contribution >= 0.6 is 11.6 Å². The van der Waals surface area contributed by atoms with Crippen molar-refractivity contribution in [2.45, 2.75) is 32.9 Å². The quantitative estimate of drug-likeness (QED) is 0.609. The van der Waals surface area contributed by atoms with Gasteiger partial charge >= 0.3 is 6.09 Å². The molecule has 3 rings (SSSR count). The van der Waals surface area contributed by atoms with Gasteiger partial charge in [0.05, 0.1) is 5.52 Å². The van der Waals surface area contributed by atoms with Crippen molar-refractivity contribution >= 4 is 28.6 Å². The minimum absolute atomic E-state index is 0.247. The third-order valence-electron chi connectivity index (χ3n) is 3.89. The van der Waals surface area contributed by atoms with Crippen molar-refractivity contribution in [3.63, 3.8) is 0 Å². The van der Waals surface area contributed by atoms with Gasteiger partial charge in [0.1, 0.15) is 18.0 Å². The molecule has 0 spiro atoms. The van der Waals surface area contributed by atoms with Crippen LogP contribution in [0.3, 0.4) is 0 Å². The van der Waals surface area contributed by atoms with Crippen LogP contribution in [0.5, 0.6) is 5.75 Å². The molecule has 0 unspecified atom stereocenters. The van der Waals surface area contributed by atoms with Gasteiger partial charge in [0.2, 0.25) is 0 Å². The highest BCUT2D eigenvalue weighted by atomic mass is 35.5. The van der Waals surface area contributed by atoms with E-state index in [9.17, 15) is 4.79 Å². The number of nitrogens with one attached hydrogen (secondary N) is 1. The first-order chi connectivity index (χ1) is 13.3. The lowest BCUT2D eigenvalue weighted by Crippen LogP contribution is -2.27. The van der Waals surface area contributed by atoms with Gasteiger partial charge in [0, 0.05) is 24.5 Å². The SMILES string of the molecule is CC(C)(C)OC(=O)n1nc(Cl)c2ccc(OCCNCc3ccccc3)cc21. The molecule has 0 atom stereocenters. The van der Waals surface area contributed by atoms with Crippen LogP contribution in [-0.4, -0.2) is 34.6 Å². The van der Waals surface area contributed by atoms with E-state index in [0.29, 0.717) is 29.8 Å². The molecule has 0 fully saturated rings. The molecular weight excluding hydrogens is 378 g/mol. The maximum atomic E-state index is 12.4. The number of fused-ring (bicyclic) bond motifs is 1. The van der Waals surface area contributed by atoms with Gasteiger partial charge in [-0.3, -0.25) is 0 Å². The molecule has 1 heterocycles. The van der Waals surface area contributed by atoms with E-state index in [4.69, 9.17) is 21.1 Å². The van der Waals surface area contributed by atoms with E-state index in [1.165, 1.54) is 10.2 Å². The lowest BCUT2D eigenvalue weighted by Gasteiger charge is -2.19. The average molecular weight is 402 g/mol. The number of hydrogen-bond donors (Lipinski definition) is 1. The van der Waals surface area contributed by atoms with Gasteiger partial charge < -0.3 is 14.8 Å². The lowest BCUT2D eigenvalue weighted by atomic mass is 10.2. The number of hydrogen-bond acceptors (Lipinski definition) is 5. The van der Waals surface area contributed by atoms with Crippen molar-refractivity contribution in [2.24, 2.45) is 0 Å². The van der Waals surface area contributed by atoms with Crippen LogP contribution in [-0.2, 0) is 11.3 Å². The maximum absolute atomic E-state index is 12.4. The van der Waals surface area contributed by atoms with E-state index >= 15 is 0 Å². The zero-order valence-corrected chi connectivity index (χ0v) is 17.0. The largest absolute Gasteiger partial charge is 0.492 e. The molecule has 0 aliphatic rings. The number of ether oxygens (including phenoxy) is 2. The van der Waals surface area contributed by atoms with Crippen LogP contribution in [0.15, 0.2) is 48.5 Å². The topological polar surface area (TPSA) is 65.4 Å². The Bertz CT molecular complexity index is 949. The molecule has 28 heavy (non-hydrogen) atoms. The van der Waals surface area contributed by atoms with E-state index in [1.807, 2.05) is 24.3 Å². The molecule has 0 aliphatic heterocycles. The Kier molecular flexibility index (Phi) is 6.21.